The molecule has 3 rings (SSSR count). The highest BCUT2D eigenvalue weighted by Gasteiger charge is 2.46. The second-order valence-corrected chi connectivity index (χ2v) is 5.22. The van der Waals surface area contributed by atoms with Crippen LogP contribution in [-0.4, -0.2) is 28.1 Å². The highest BCUT2D eigenvalue weighted by atomic mass is 32.2. The molecule has 0 aromatic heterocycles. The number of amidine groups is 1. The van der Waals surface area contributed by atoms with Crippen molar-refractivity contribution >= 4 is 17.6 Å². The molecule has 78 valence electrons. The Morgan fingerprint density at radius 3 is 3.00 bits per heavy atom. The van der Waals surface area contributed by atoms with Gasteiger partial charge in [0, 0.05) is 24.8 Å². The second-order valence-electron chi connectivity index (χ2n) is 3.77. The standard InChI is InChI=1S/C11H12N2OS/c1-11-13(7-8-15-11)10(12-14-11)9-5-3-2-4-6-9/h2-6H,7-8H2,1H3. The number of thioether (sulfide) groups is 1. The maximum atomic E-state index is 5.51. The minimum Gasteiger partial charge on any atom is -0.354 e. The van der Waals surface area contributed by atoms with Gasteiger partial charge in [-0.15, -0.1) is 0 Å². The first-order chi connectivity index (χ1) is 7.30. The maximum Gasteiger partial charge on any atom is 0.255 e. The fourth-order valence-electron chi connectivity index (χ4n) is 1.95. The third-order valence-corrected chi connectivity index (χ3v) is 3.98. The van der Waals surface area contributed by atoms with Crippen LogP contribution in [0.2, 0.25) is 0 Å². The second kappa shape index (κ2) is 3.17. The highest BCUT2D eigenvalue weighted by molar-refractivity contribution is 8.00. The van der Waals surface area contributed by atoms with Crippen LogP contribution in [0.5, 0.6) is 0 Å². The van der Waals surface area contributed by atoms with Gasteiger partial charge in [0.05, 0.1) is 0 Å². The Morgan fingerprint density at radius 1 is 1.40 bits per heavy atom. The molecule has 3 nitrogen and oxygen atoms in total. The molecule has 0 bridgehead atoms. The largest absolute Gasteiger partial charge is 0.354 e. The molecule has 0 amide bonds. The first-order valence-electron chi connectivity index (χ1n) is 5.03. The van der Waals surface area contributed by atoms with Gasteiger partial charge in [-0.05, 0) is 0 Å². The van der Waals surface area contributed by atoms with Crippen LogP contribution in [0.25, 0.3) is 0 Å². The predicted molar refractivity (Wildman–Crippen MR) is 61.6 cm³/mol. The van der Waals surface area contributed by atoms with Crippen molar-refractivity contribution < 1.29 is 4.84 Å². The maximum absolute atomic E-state index is 5.51. The van der Waals surface area contributed by atoms with Crippen molar-refractivity contribution in [3.05, 3.63) is 35.9 Å². The molecule has 2 heterocycles. The molecule has 1 atom stereocenters. The summed E-state index contributed by atoms with van der Waals surface area (Å²) in [7, 11) is 0. The summed E-state index contributed by atoms with van der Waals surface area (Å²) in [5.74, 6) is 2.06. The summed E-state index contributed by atoms with van der Waals surface area (Å²) < 4.78 is 0. The van der Waals surface area contributed by atoms with Gasteiger partial charge in [0.2, 0.25) is 0 Å². The lowest BCUT2D eigenvalue weighted by Crippen LogP contribution is -2.39. The number of oxime groups is 1. The van der Waals surface area contributed by atoms with Gasteiger partial charge in [-0.2, -0.15) is 0 Å². The Kier molecular flexibility index (Phi) is 1.92. The Bertz CT molecular complexity index is 406. The van der Waals surface area contributed by atoms with Gasteiger partial charge in [0.15, 0.2) is 5.84 Å². The molecule has 1 unspecified atom stereocenters. The molecule has 0 radical (unpaired) electrons. The zero-order valence-electron chi connectivity index (χ0n) is 8.51. The minimum atomic E-state index is -0.273. The van der Waals surface area contributed by atoms with Crippen LogP contribution in [0.15, 0.2) is 35.5 Å². The molecule has 1 fully saturated rings. The highest BCUT2D eigenvalue weighted by Crippen LogP contribution is 2.41. The topological polar surface area (TPSA) is 24.8 Å². The normalized spacial score (nSPS) is 28.6. The number of nitrogens with zero attached hydrogens (tertiary/aromatic N) is 2. The summed E-state index contributed by atoms with van der Waals surface area (Å²) in [4.78, 5) is 7.74. The fraction of sp³-hybridized carbons (Fsp3) is 0.364. The van der Waals surface area contributed by atoms with Crippen molar-refractivity contribution in [3.8, 4) is 0 Å². The molecule has 0 saturated carbocycles. The smallest absolute Gasteiger partial charge is 0.255 e. The van der Waals surface area contributed by atoms with Crippen LogP contribution >= 0.6 is 11.8 Å². The van der Waals surface area contributed by atoms with Crippen LogP contribution in [0.3, 0.4) is 0 Å². The Morgan fingerprint density at radius 2 is 2.20 bits per heavy atom. The zero-order valence-corrected chi connectivity index (χ0v) is 9.33. The summed E-state index contributed by atoms with van der Waals surface area (Å²) in [6.07, 6.45) is 0. The van der Waals surface area contributed by atoms with E-state index in [-0.39, 0.29) is 5.06 Å². The van der Waals surface area contributed by atoms with E-state index in [1.807, 2.05) is 18.2 Å². The van der Waals surface area contributed by atoms with Crippen LogP contribution in [-0.2, 0) is 4.84 Å². The minimum absolute atomic E-state index is 0.273. The number of hydrogen-bond donors (Lipinski definition) is 0. The van der Waals surface area contributed by atoms with E-state index >= 15 is 0 Å². The van der Waals surface area contributed by atoms with Gasteiger partial charge in [0.25, 0.3) is 5.06 Å². The van der Waals surface area contributed by atoms with Crippen molar-refractivity contribution in [1.29, 1.82) is 0 Å². The van der Waals surface area contributed by atoms with Crippen molar-refractivity contribution in [2.45, 2.75) is 12.0 Å². The van der Waals surface area contributed by atoms with E-state index in [2.05, 4.69) is 29.1 Å². The molecule has 0 aliphatic carbocycles. The monoisotopic (exact) mass is 220 g/mol. The molecule has 2 aliphatic heterocycles. The van der Waals surface area contributed by atoms with Crippen LogP contribution in [0, 0.1) is 0 Å². The predicted octanol–water partition coefficient (Wildman–Crippen LogP) is 2.10. The lowest BCUT2D eigenvalue weighted by atomic mass is 10.2. The van der Waals surface area contributed by atoms with Gasteiger partial charge in [0.1, 0.15) is 0 Å². The third-order valence-electron chi connectivity index (χ3n) is 2.76. The van der Waals surface area contributed by atoms with Crippen LogP contribution in [0.1, 0.15) is 12.5 Å². The first-order valence-corrected chi connectivity index (χ1v) is 6.01. The van der Waals surface area contributed by atoms with E-state index in [1.54, 1.807) is 11.8 Å². The number of benzene rings is 1. The number of hydrogen-bond acceptors (Lipinski definition) is 4. The Labute approximate surface area is 93.1 Å². The fourth-order valence-corrected chi connectivity index (χ4v) is 3.03. The van der Waals surface area contributed by atoms with E-state index in [0.717, 1.165) is 23.7 Å². The van der Waals surface area contributed by atoms with Gasteiger partial charge < -0.3 is 9.74 Å². The van der Waals surface area contributed by atoms with Gasteiger partial charge in [-0.25, -0.2) is 0 Å². The molecule has 0 spiro atoms. The van der Waals surface area contributed by atoms with Crippen LogP contribution < -0.4 is 0 Å². The van der Waals surface area contributed by atoms with E-state index in [1.165, 1.54) is 0 Å². The lowest BCUT2D eigenvalue weighted by molar-refractivity contribution is 0.00381. The van der Waals surface area contributed by atoms with Crippen LogP contribution in [0.4, 0.5) is 0 Å². The summed E-state index contributed by atoms with van der Waals surface area (Å²) in [6.45, 7) is 3.08. The van der Waals surface area contributed by atoms with Gasteiger partial charge >= 0.3 is 0 Å². The molecule has 1 saturated heterocycles. The first kappa shape index (κ1) is 9.09. The molecule has 15 heavy (non-hydrogen) atoms. The quantitative estimate of drug-likeness (QED) is 0.724. The van der Waals surface area contributed by atoms with Crippen molar-refractivity contribution in [2.75, 3.05) is 12.3 Å². The Hall–Kier alpha value is -1.16. The number of rotatable bonds is 1. The molecule has 2 aliphatic rings. The van der Waals surface area contributed by atoms with E-state index in [4.69, 9.17) is 4.84 Å². The summed E-state index contributed by atoms with van der Waals surface area (Å²) in [6, 6.07) is 10.2. The molecular weight excluding hydrogens is 208 g/mol. The van der Waals surface area contributed by atoms with Crippen molar-refractivity contribution in [3.63, 3.8) is 0 Å². The summed E-state index contributed by atoms with van der Waals surface area (Å²) in [5.41, 5.74) is 1.13. The number of fused-ring (bicyclic) bond motifs is 1. The summed E-state index contributed by atoms with van der Waals surface area (Å²) in [5, 5.41) is 3.91. The third kappa shape index (κ3) is 1.32. The van der Waals surface area contributed by atoms with E-state index in [9.17, 15) is 0 Å². The summed E-state index contributed by atoms with van der Waals surface area (Å²) >= 11 is 1.80. The molecule has 0 N–H and O–H groups in total. The van der Waals surface area contributed by atoms with Crippen molar-refractivity contribution in [1.82, 2.24) is 4.90 Å². The zero-order chi connectivity index (χ0) is 10.3. The van der Waals surface area contributed by atoms with Gasteiger partial charge in [-0.3, -0.25) is 0 Å². The van der Waals surface area contributed by atoms with E-state index < -0.39 is 0 Å². The molecule has 4 heteroatoms. The van der Waals surface area contributed by atoms with Crippen molar-refractivity contribution in [2.24, 2.45) is 5.16 Å². The average Bonchev–Trinajstić information content (AvgIpc) is 2.76. The molecule has 1 aromatic rings. The molecular formula is C11H12N2OS. The van der Waals surface area contributed by atoms with Gasteiger partial charge in [-0.1, -0.05) is 47.2 Å². The average molecular weight is 220 g/mol. The Balaban J connectivity index is 1.96. The SMILES string of the molecule is CC12ON=C(c3ccccc3)N1CCS2. The lowest BCUT2D eigenvalue weighted by Gasteiger charge is -2.25. The van der Waals surface area contributed by atoms with E-state index in [0.29, 0.717) is 0 Å². The molecule has 1 aromatic carbocycles.